The number of rotatable bonds is 4. The van der Waals surface area contributed by atoms with E-state index < -0.39 is 12.0 Å². The SMILES string of the molecule is COc1ccc(C2C3C(=O)CC(C)(C)C=C3Nc3ccccc3N2C(=O)C(C)C)c(OC)c1. The van der Waals surface area contributed by atoms with Gasteiger partial charge in [-0.05, 0) is 29.7 Å². The smallest absolute Gasteiger partial charge is 0.230 e. The van der Waals surface area contributed by atoms with Crippen LogP contribution in [0.15, 0.2) is 54.2 Å². The number of nitrogens with zero attached hydrogens (tertiary/aromatic N) is 1. The van der Waals surface area contributed by atoms with Gasteiger partial charge in [-0.3, -0.25) is 9.59 Å². The van der Waals surface area contributed by atoms with Crippen molar-refractivity contribution in [2.24, 2.45) is 17.3 Å². The molecule has 0 aromatic heterocycles. The van der Waals surface area contributed by atoms with Crippen LogP contribution in [0.25, 0.3) is 0 Å². The Morgan fingerprint density at radius 2 is 1.85 bits per heavy atom. The lowest BCUT2D eigenvalue weighted by molar-refractivity contribution is -0.125. The highest BCUT2D eigenvalue weighted by molar-refractivity contribution is 6.02. The number of hydrogen-bond acceptors (Lipinski definition) is 5. The van der Waals surface area contributed by atoms with Crippen LogP contribution in [0.3, 0.4) is 0 Å². The lowest BCUT2D eigenvalue weighted by Gasteiger charge is -2.40. The van der Waals surface area contributed by atoms with Crippen LogP contribution in [0.4, 0.5) is 11.4 Å². The predicted molar refractivity (Wildman–Crippen MR) is 130 cm³/mol. The molecule has 2 unspecified atom stereocenters. The van der Waals surface area contributed by atoms with E-state index in [1.54, 1.807) is 25.2 Å². The average molecular weight is 449 g/mol. The fraction of sp³-hybridized carbons (Fsp3) is 0.407. The number of benzene rings is 2. The van der Waals surface area contributed by atoms with Crippen LogP contribution in [0.1, 0.15) is 45.7 Å². The monoisotopic (exact) mass is 448 g/mol. The van der Waals surface area contributed by atoms with Crippen molar-refractivity contribution in [1.29, 1.82) is 0 Å². The standard InChI is InChI=1S/C27H32N2O4/c1-16(2)26(31)29-21-10-8-7-9-19(21)28-20-14-27(3,4)15-22(30)24(20)25(29)18-12-11-17(32-5)13-23(18)33-6/h7-14,16,24-25,28H,15H2,1-6H3. The lowest BCUT2D eigenvalue weighted by atomic mass is 9.72. The largest absolute Gasteiger partial charge is 0.497 e. The van der Waals surface area contributed by atoms with Gasteiger partial charge in [0.15, 0.2) is 0 Å². The maximum Gasteiger partial charge on any atom is 0.230 e. The molecule has 1 aliphatic carbocycles. The van der Waals surface area contributed by atoms with Crippen molar-refractivity contribution in [3.05, 3.63) is 59.8 Å². The minimum absolute atomic E-state index is 0.0500. The van der Waals surface area contributed by atoms with Crippen LogP contribution in [-0.4, -0.2) is 25.9 Å². The zero-order valence-electron chi connectivity index (χ0n) is 20.1. The molecule has 0 saturated carbocycles. The molecule has 2 aromatic carbocycles. The van der Waals surface area contributed by atoms with Crippen molar-refractivity contribution in [2.75, 3.05) is 24.4 Å². The Morgan fingerprint density at radius 3 is 2.52 bits per heavy atom. The third-order valence-corrected chi connectivity index (χ3v) is 6.39. The van der Waals surface area contributed by atoms with Gasteiger partial charge < -0.3 is 19.7 Å². The Labute approximate surface area is 195 Å². The second-order valence-electron chi connectivity index (χ2n) is 9.77. The summed E-state index contributed by atoms with van der Waals surface area (Å²) >= 11 is 0. The zero-order valence-corrected chi connectivity index (χ0v) is 20.1. The Morgan fingerprint density at radius 1 is 1.12 bits per heavy atom. The predicted octanol–water partition coefficient (Wildman–Crippen LogP) is 5.36. The second kappa shape index (κ2) is 8.58. The first-order valence-electron chi connectivity index (χ1n) is 11.3. The van der Waals surface area contributed by atoms with Gasteiger partial charge in [-0.15, -0.1) is 0 Å². The highest BCUT2D eigenvalue weighted by atomic mass is 16.5. The number of carbonyl (C=O) groups is 2. The van der Waals surface area contributed by atoms with Crippen LogP contribution < -0.4 is 19.7 Å². The van der Waals surface area contributed by atoms with Gasteiger partial charge >= 0.3 is 0 Å². The van der Waals surface area contributed by atoms with Crippen molar-refractivity contribution in [3.8, 4) is 11.5 Å². The molecule has 2 aliphatic rings. The van der Waals surface area contributed by atoms with E-state index in [0.29, 0.717) is 17.9 Å². The number of fused-ring (bicyclic) bond motifs is 2. The molecule has 2 atom stereocenters. The van der Waals surface area contributed by atoms with E-state index in [0.717, 1.165) is 22.6 Å². The number of nitrogens with one attached hydrogen (secondary N) is 1. The van der Waals surface area contributed by atoms with Gasteiger partial charge in [-0.25, -0.2) is 0 Å². The van der Waals surface area contributed by atoms with Gasteiger partial charge in [-0.1, -0.05) is 45.9 Å². The van der Waals surface area contributed by atoms with Gasteiger partial charge in [0.25, 0.3) is 0 Å². The lowest BCUT2D eigenvalue weighted by Crippen LogP contribution is -2.45. The average Bonchev–Trinajstić information content (AvgIpc) is 2.91. The highest BCUT2D eigenvalue weighted by Crippen LogP contribution is 2.50. The number of Topliss-reactive ketones (excluding diaryl/α,β-unsaturated/α-hetero) is 1. The molecule has 0 spiro atoms. The molecule has 1 N–H and O–H groups in total. The van der Waals surface area contributed by atoms with Gasteiger partial charge in [0.05, 0.1) is 37.6 Å². The molecule has 1 aliphatic heterocycles. The van der Waals surface area contributed by atoms with Gasteiger partial charge in [0, 0.05) is 29.7 Å². The minimum Gasteiger partial charge on any atom is -0.497 e. The fourth-order valence-electron chi connectivity index (χ4n) is 4.91. The molecule has 4 rings (SSSR count). The van der Waals surface area contributed by atoms with Gasteiger partial charge in [0.1, 0.15) is 17.3 Å². The van der Waals surface area contributed by atoms with E-state index in [2.05, 4.69) is 25.2 Å². The summed E-state index contributed by atoms with van der Waals surface area (Å²) in [7, 11) is 3.20. The molecule has 1 heterocycles. The second-order valence-corrected chi connectivity index (χ2v) is 9.77. The molecule has 6 nitrogen and oxygen atoms in total. The van der Waals surface area contributed by atoms with E-state index in [1.165, 1.54) is 0 Å². The van der Waals surface area contributed by atoms with Gasteiger partial charge in [-0.2, -0.15) is 0 Å². The molecule has 174 valence electrons. The molecule has 0 fully saturated rings. The van der Waals surface area contributed by atoms with Crippen LogP contribution >= 0.6 is 0 Å². The maximum absolute atomic E-state index is 13.7. The van der Waals surface area contributed by atoms with E-state index in [1.807, 2.05) is 50.2 Å². The molecule has 6 heteroatoms. The third-order valence-electron chi connectivity index (χ3n) is 6.39. The minimum atomic E-state index is -0.563. The van der Waals surface area contributed by atoms with E-state index in [4.69, 9.17) is 9.47 Å². The normalized spacial score (nSPS) is 21.4. The Balaban J connectivity index is 2.04. The summed E-state index contributed by atoms with van der Waals surface area (Å²) < 4.78 is 11.1. The molecular weight excluding hydrogens is 416 g/mol. The number of ketones is 1. The summed E-state index contributed by atoms with van der Waals surface area (Å²) in [6, 6.07) is 12.7. The van der Waals surface area contributed by atoms with Crippen molar-refractivity contribution in [3.63, 3.8) is 0 Å². The maximum atomic E-state index is 13.7. The summed E-state index contributed by atoms with van der Waals surface area (Å²) in [5.41, 5.74) is 2.87. The summed E-state index contributed by atoms with van der Waals surface area (Å²) in [4.78, 5) is 29.2. The number of carbonyl (C=O) groups excluding carboxylic acids is 2. The summed E-state index contributed by atoms with van der Waals surface area (Å²) in [5.74, 6) is 0.475. The molecular formula is C27H32N2O4. The number of allylic oxidation sites excluding steroid dienone is 1. The van der Waals surface area contributed by atoms with E-state index in [-0.39, 0.29) is 23.0 Å². The molecule has 0 radical (unpaired) electrons. The number of hydrogen-bond donors (Lipinski definition) is 1. The van der Waals surface area contributed by atoms with Crippen LogP contribution in [0, 0.1) is 17.3 Å². The molecule has 33 heavy (non-hydrogen) atoms. The first kappa shape index (κ1) is 22.9. The highest BCUT2D eigenvalue weighted by Gasteiger charge is 2.47. The Kier molecular flexibility index (Phi) is 5.95. The van der Waals surface area contributed by atoms with Crippen LogP contribution in [-0.2, 0) is 9.59 Å². The number of para-hydroxylation sites is 2. The quantitative estimate of drug-likeness (QED) is 0.682. The van der Waals surface area contributed by atoms with Crippen molar-refractivity contribution < 1.29 is 19.1 Å². The third kappa shape index (κ3) is 4.10. The molecule has 0 bridgehead atoms. The first-order valence-corrected chi connectivity index (χ1v) is 11.3. The van der Waals surface area contributed by atoms with Crippen molar-refractivity contribution in [2.45, 2.75) is 40.2 Å². The zero-order chi connectivity index (χ0) is 23.9. The number of amides is 1. The summed E-state index contributed by atoms with van der Waals surface area (Å²) in [5, 5.41) is 3.51. The molecule has 0 saturated heterocycles. The first-order chi connectivity index (χ1) is 15.7. The Hall–Kier alpha value is -3.28. The Bertz CT molecular complexity index is 1120. The van der Waals surface area contributed by atoms with Crippen LogP contribution in [0.2, 0.25) is 0 Å². The molecule has 1 amide bonds. The van der Waals surface area contributed by atoms with Crippen molar-refractivity contribution >= 4 is 23.1 Å². The molecule has 2 aromatic rings. The number of methoxy groups -OCH3 is 2. The van der Waals surface area contributed by atoms with E-state index >= 15 is 0 Å². The fourth-order valence-corrected chi connectivity index (χ4v) is 4.91. The van der Waals surface area contributed by atoms with Crippen LogP contribution in [0.5, 0.6) is 11.5 Å². The topological polar surface area (TPSA) is 67.9 Å². The summed E-state index contributed by atoms with van der Waals surface area (Å²) in [6.07, 6.45) is 2.54. The van der Waals surface area contributed by atoms with Crippen molar-refractivity contribution in [1.82, 2.24) is 0 Å². The summed E-state index contributed by atoms with van der Waals surface area (Å²) in [6.45, 7) is 7.89. The van der Waals surface area contributed by atoms with E-state index in [9.17, 15) is 9.59 Å². The van der Waals surface area contributed by atoms with Gasteiger partial charge in [0.2, 0.25) is 5.91 Å². The number of ether oxygens (including phenoxy) is 2. The number of anilines is 2.